The van der Waals surface area contributed by atoms with Crippen LogP contribution >= 0.6 is 0 Å². The zero-order chi connectivity index (χ0) is 20.9. The summed E-state index contributed by atoms with van der Waals surface area (Å²) in [6, 6.07) is 13.6. The molecule has 154 valence electrons. The summed E-state index contributed by atoms with van der Waals surface area (Å²) in [7, 11) is 0. The Morgan fingerprint density at radius 1 is 1.00 bits per heavy atom. The first-order chi connectivity index (χ1) is 13.8. The Balaban J connectivity index is 1.48. The van der Waals surface area contributed by atoms with Crippen molar-refractivity contribution in [2.24, 2.45) is 0 Å². The quantitative estimate of drug-likeness (QED) is 0.827. The SMILES string of the molecule is O=C(NC1CCN(C(=O)COc2ccccc2C(F)(F)F)CC1)c1ccccc1. The lowest BCUT2D eigenvalue weighted by atomic mass is 10.0. The molecule has 0 spiro atoms. The van der Waals surface area contributed by atoms with Crippen molar-refractivity contribution in [1.82, 2.24) is 10.2 Å². The number of rotatable bonds is 5. The van der Waals surface area contributed by atoms with E-state index in [-0.39, 0.29) is 23.6 Å². The molecular formula is C21H21F3N2O3. The molecular weight excluding hydrogens is 385 g/mol. The summed E-state index contributed by atoms with van der Waals surface area (Å²) >= 11 is 0. The van der Waals surface area contributed by atoms with E-state index in [9.17, 15) is 22.8 Å². The van der Waals surface area contributed by atoms with Gasteiger partial charge in [0, 0.05) is 24.7 Å². The van der Waals surface area contributed by atoms with Gasteiger partial charge >= 0.3 is 6.18 Å². The van der Waals surface area contributed by atoms with Gasteiger partial charge in [-0.05, 0) is 37.1 Å². The van der Waals surface area contributed by atoms with Crippen molar-refractivity contribution in [2.45, 2.75) is 25.1 Å². The number of benzene rings is 2. The summed E-state index contributed by atoms with van der Waals surface area (Å²) in [4.78, 5) is 26.1. The Morgan fingerprint density at radius 2 is 1.62 bits per heavy atom. The number of carbonyl (C=O) groups excluding carboxylic acids is 2. The number of hydrogen-bond donors (Lipinski definition) is 1. The second-order valence-electron chi connectivity index (χ2n) is 6.78. The van der Waals surface area contributed by atoms with Gasteiger partial charge in [-0.1, -0.05) is 30.3 Å². The largest absolute Gasteiger partial charge is 0.483 e. The molecule has 2 aromatic rings. The highest BCUT2D eigenvalue weighted by Gasteiger charge is 2.34. The molecule has 1 fully saturated rings. The molecule has 0 atom stereocenters. The van der Waals surface area contributed by atoms with Gasteiger partial charge in [-0.3, -0.25) is 9.59 Å². The average molecular weight is 406 g/mol. The molecule has 8 heteroatoms. The van der Waals surface area contributed by atoms with Crippen LogP contribution in [-0.4, -0.2) is 42.5 Å². The van der Waals surface area contributed by atoms with Crippen molar-refractivity contribution in [3.8, 4) is 5.75 Å². The molecule has 0 radical (unpaired) electrons. The lowest BCUT2D eigenvalue weighted by Crippen LogP contribution is -2.47. The lowest BCUT2D eigenvalue weighted by molar-refractivity contribution is -0.141. The Bertz CT molecular complexity index is 848. The van der Waals surface area contributed by atoms with E-state index in [1.54, 1.807) is 29.2 Å². The molecule has 0 aromatic heterocycles. The van der Waals surface area contributed by atoms with Crippen molar-refractivity contribution in [3.63, 3.8) is 0 Å². The van der Waals surface area contributed by atoms with Crippen molar-refractivity contribution >= 4 is 11.8 Å². The summed E-state index contributed by atoms with van der Waals surface area (Å²) < 4.78 is 44.1. The van der Waals surface area contributed by atoms with Crippen molar-refractivity contribution < 1.29 is 27.5 Å². The van der Waals surface area contributed by atoms with E-state index in [2.05, 4.69) is 5.32 Å². The monoisotopic (exact) mass is 406 g/mol. The van der Waals surface area contributed by atoms with Crippen LogP contribution in [0.3, 0.4) is 0 Å². The fraction of sp³-hybridized carbons (Fsp3) is 0.333. The van der Waals surface area contributed by atoms with Crippen LogP contribution in [0.5, 0.6) is 5.75 Å². The number of likely N-dealkylation sites (tertiary alicyclic amines) is 1. The smallest absolute Gasteiger partial charge is 0.419 e. The van der Waals surface area contributed by atoms with Crippen LogP contribution in [0.4, 0.5) is 13.2 Å². The summed E-state index contributed by atoms with van der Waals surface area (Å²) in [5, 5.41) is 2.94. The number of halogens is 3. The van der Waals surface area contributed by atoms with E-state index in [1.165, 1.54) is 18.2 Å². The van der Waals surface area contributed by atoms with E-state index >= 15 is 0 Å². The van der Waals surface area contributed by atoms with E-state index in [0.29, 0.717) is 31.5 Å². The zero-order valence-electron chi connectivity index (χ0n) is 15.6. The normalized spacial score (nSPS) is 15.1. The summed E-state index contributed by atoms with van der Waals surface area (Å²) in [6.07, 6.45) is -3.40. The van der Waals surface area contributed by atoms with Crippen molar-refractivity contribution in [2.75, 3.05) is 19.7 Å². The highest BCUT2D eigenvalue weighted by Crippen LogP contribution is 2.35. The summed E-state index contributed by atoms with van der Waals surface area (Å²) in [5.74, 6) is -0.907. The second-order valence-corrected chi connectivity index (χ2v) is 6.78. The van der Waals surface area contributed by atoms with Crippen LogP contribution < -0.4 is 10.1 Å². The molecule has 1 saturated heterocycles. The van der Waals surface area contributed by atoms with Crippen LogP contribution in [0, 0.1) is 0 Å². The van der Waals surface area contributed by atoms with Gasteiger partial charge in [0.15, 0.2) is 6.61 Å². The van der Waals surface area contributed by atoms with Gasteiger partial charge in [-0.15, -0.1) is 0 Å². The minimum absolute atomic E-state index is 0.0568. The van der Waals surface area contributed by atoms with Crippen LogP contribution in [-0.2, 0) is 11.0 Å². The first kappa shape index (κ1) is 20.7. The number of nitrogens with zero attached hydrogens (tertiary/aromatic N) is 1. The molecule has 2 aromatic carbocycles. The third-order valence-electron chi connectivity index (χ3n) is 4.76. The predicted molar refractivity (Wildman–Crippen MR) is 100 cm³/mol. The molecule has 1 aliphatic rings. The number of alkyl halides is 3. The molecule has 5 nitrogen and oxygen atoms in total. The second kappa shape index (κ2) is 8.98. The van der Waals surface area contributed by atoms with Gasteiger partial charge in [0.25, 0.3) is 11.8 Å². The molecule has 1 N–H and O–H groups in total. The molecule has 1 aliphatic heterocycles. The van der Waals surface area contributed by atoms with Gasteiger partial charge in [-0.2, -0.15) is 13.2 Å². The Hall–Kier alpha value is -3.03. The number of para-hydroxylation sites is 1. The highest BCUT2D eigenvalue weighted by molar-refractivity contribution is 5.94. The molecule has 0 bridgehead atoms. The average Bonchev–Trinajstić information content (AvgIpc) is 2.72. The summed E-state index contributed by atoms with van der Waals surface area (Å²) in [6.45, 7) is 0.347. The Kier molecular flexibility index (Phi) is 6.41. The fourth-order valence-corrected chi connectivity index (χ4v) is 3.19. The maximum Gasteiger partial charge on any atom is 0.419 e. The molecule has 0 saturated carbocycles. The number of nitrogens with one attached hydrogen (secondary N) is 1. The van der Waals surface area contributed by atoms with Crippen LogP contribution in [0.15, 0.2) is 54.6 Å². The Morgan fingerprint density at radius 3 is 2.28 bits per heavy atom. The molecule has 2 amide bonds. The Labute approximate surface area is 166 Å². The van der Waals surface area contributed by atoms with Crippen LogP contribution in [0.25, 0.3) is 0 Å². The summed E-state index contributed by atoms with van der Waals surface area (Å²) in [5.41, 5.74) is -0.335. The van der Waals surface area contributed by atoms with Gasteiger partial charge in [0.2, 0.25) is 0 Å². The topological polar surface area (TPSA) is 58.6 Å². The molecule has 3 rings (SSSR count). The zero-order valence-corrected chi connectivity index (χ0v) is 15.6. The minimum atomic E-state index is -4.55. The van der Waals surface area contributed by atoms with Gasteiger partial charge in [0.05, 0.1) is 5.56 Å². The van der Waals surface area contributed by atoms with Crippen molar-refractivity contribution in [3.05, 3.63) is 65.7 Å². The fourth-order valence-electron chi connectivity index (χ4n) is 3.19. The number of ether oxygens (including phenoxy) is 1. The van der Waals surface area contributed by atoms with Crippen LogP contribution in [0.1, 0.15) is 28.8 Å². The van der Waals surface area contributed by atoms with Gasteiger partial charge in [0.1, 0.15) is 5.75 Å². The standard InChI is InChI=1S/C21H21F3N2O3/c22-21(23,24)17-8-4-5-9-18(17)29-14-19(27)26-12-10-16(11-13-26)25-20(28)15-6-2-1-3-7-15/h1-9,16H,10-14H2,(H,25,28). The number of hydrogen-bond acceptors (Lipinski definition) is 3. The molecule has 0 aliphatic carbocycles. The first-order valence-corrected chi connectivity index (χ1v) is 9.27. The molecule has 0 unspecified atom stereocenters. The maximum atomic E-state index is 13.0. The maximum absolute atomic E-state index is 13.0. The highest BCUT2D eigenvalue weighted by atomic mass is 19.4. The third-order valence-corrected chi connectivity index (χ3v) is 4.76. The van der Waals surface area contributed by atoms with Crippen molar-refractivity contribution in [1.29, 1.82) is 0 Å². The number of piperidine rings is 1. The van der Waals surface area contributed by atoms with E-state index in [0.717, 1.165) is 6.07 Å². The first-order valence-electron chi connectivity index (χ1n) is 9.27. The van der Waals surface area contributed by atoms with Gasteiger partial charge in [-0.25, -0.2) is 0 Å². The van der Waals surface area contributed by atoms with Gasteiger partial charge < -0.3 is 15.0 Å². The lowest BCUT2D eigenvalue weighted by Gasteiger charge is -2.32. The number of amides is 2. The van der Waals surface area contributed by atoms with E-state index in [4.69, 9.17) is 4.74 Å². The van der Waals surface area contributed by atoms with Crippen LogP contribution in [0.2, 0.25) is 0 Å². The van der Waals surface area contributed by atoms with E-state index < -0.39 is 18.3 Å². The third kappa shape index (κ3) is 5.49. The molecule has 29 heavy (non-hydrogen) atoms. The number of carbonyl (C=O) groups is 2. The minimum Gasteiger partial charge on any atom is -0.483 e. The predicted octanol–water partition coefficient (Wildman–Crippen LogP) is 3.51. The van der Waals surface area contributed by atoms with E-state index in [1.807, 2.05) is 6.07 Å². The molecule has 1 heterocycles.